The van der Waals surface area contributed by atoms with Gasteiger partial charge in [-0.05, 0) is 18.7 Å². The summed E-state index contributed by atoms with van der Waals surface area (Å²) in [5.41, 5.74) is -2.37. The average Bonchev–Trinajstić information content (AvgIpc) is 2.34. The minimum Gasteiger partial charge on any atom is -0.509 e. The van der Waals surface area contributed by atoms with Crippen LogP contribution in [0.4, 0.5) is 22.0 Å². The molecule has 0 spiro atoms. The Balaban J connectivity index is 3.20. The van der Waals surface area contributed by atoms with Crippen LogP contribution in [0.25, 0.3) is 0 Å². The van der Waals surface area contributed by atoms with E-state index in [1.807, 2.05) is 0 Å². The van der Waals surface area contributed by atoms with E-state index in [9.17, 15) is 22.0 Å². The molecule has 11 heteroatoms. The van der Waals surface area contributed by atoms with E-state index in [1.54, 1.807) is 0 Å². The van der Waals surface area contributed by atoms with Crippen molar-refractivity contribution >= 4 is 40.0 Å². The van der Waals surface area contributed by atoms with Gasteiger partial charge in [0.2, 0.25) is 0 Å². The lowest BCUT2D eigenvalue weighted by Gasteiger charge is -2.18. The van der Waals surface area contributed by atoms with Crippen LogP contribution in [0.15, 0.2) is 41.5 Å². The highest BCUT2D eigenvalue weighted by molar-refractivity contribution is 8.14. The lowest BCUT2D eigenvalue weighted by Crippen LogP contribution is -2.15. The van der Waals surface area contributed by atoms with Crippen LogP contribution >= 0.6 is 35.0 Å². The Morgan fingerprint density at radius 3 is 2.17 bits per heavy atom. The minimum atomic E-state index is -4.96. The van der Waals surface area contributed by atoms with E-state index in [0.717, 1.165) is 19.3 Å². The summed E-state index contributed by atoms with van der Waals surface area (Å²) in [5.74, 6) is -0.921. The number of hydrogen-bond donors (Lipinski definition) is 1. The zero-order chi connectivity index (χ0) is 18.7. The van der Waals surface area contributed by atoms with Crippen molar-refractivity contribution in [3.63, 3.8) is 0 Å². The monoisotopic (exact) mass is 406 g/mol. The third-order valence-electron chi connectivity index (χ3n) is 2.29. The van der Waals surface area contributed by atoms with Gasteiger partial charge in [-0.2, -0.15) is 22.0 Å². The molecule has 0 bridgehead atoms. The van der Waals surface area contributed by atoms with Crippen molar-refractivity contribution in [1.82, 2.24) is 4.98 Å². The number of pyridine rings is 1. The van der Waals surface area contributed by atoms with Gasteiger partial charge in [-0.25, -0.2) is 4.99 Å². The maximum atomic E-state index is 14.3. The number of alkyl halides is 5. The number of halogens is 7. The number of aliphatic hydroxyl groups excluding tert-OH is 1. The van der Waals surface area contributed by atoms with Gasteiger partial charge < -0.3 is 5.11 Å². The Bertz CT molecular complexity index is 684. The zero-order valence-electron chi connectivity index (χ0n) is 11.8. The molecule has 0 radical (unpaired) electrons. The van der Waals surface area contributed by atoms with Crippen LogP contribution < -0.4 is 0 Å². The number of hydrogen-bond acceptors (Lipinski definition) is 4. The van der Waals surface area contributed by atoms with Gasteiger partial charge in [-0.3, -0.25) is 4.98 Å². The summed E-state index contributed by atoms with van der Waals surface area (Å²) in [5, 5.41) is 3.58. The van der Waals surface area contributed by atoms with Crippen LogP contribution in [0.5, 0.6) is 0 Å². The second-order valence-electron chi connectivity index (χ2n) is 4.25. The fourth-order valence-electron chi connectivity index (χ4n) is 1.45. The summed E-state index contributed by atoms with van der Waals surface area (Å²) < 4.78 is 66.8. The highest BCUT2D eigenvalue weighted by Gasteiger charge is 2.39. The molecule has 0 aliphatic heterocycles. The van der Waals surface area contributed by atoms with E-state index in [-0.39, 0.29) is 17.8 Å². The first-order valence-electron chi connectivity index (χ1n) is 5.93. The number of aliphatic imine (C=N–C) groups is 1. The summed E-state index contributed by atoms with van der Waals surface area (Å²) in [6, 6.07) is 0. The maximum absolute atomic E-state index is 14.3. The predicted octanol–water partition coefficient (Wildman–Crippen LogP) is 6.11. The van der Waals surface area contributed by atoms with Crippen LogP contribution in [-0.4, -0.2) is 21.3 Å². The molecule has 0 atom stereocenters. The largest absolute Gasteiger partial charge is 0.509 e. The number of thioether (sulfide) groups is 1. The van der Waals surface area contributed by atoms with E-state index in [4.69, 9.17) is 28.3 Å². The Morgan fingerprint density at radius 2 is 1.75 bits per heavy atom. The van der Waals surface area contributed by atoms with Crippen LogP contribution in [0.3, 0.4) is 0 Å². The molecule has 1 aromatic heterocycles. The van der Waals surface area contributed by atoms with Crippen molar-refractivity contribution in [2.75, 3.05) is 0 Å². The molecule has 0 saturated carbocycles. The summed E-state index contributed by atoms with van der Waals surface area (Å²) in [7, 11) is 0. The van der Waals surface area contributed by atoms with Crippen LogP contribution in [-0.2, 0) is 5.25 Å². The molecule has 0 aromatic carbocycles. The minimum absolute atomic E-state index is 0.217. The van der Waals surface area contributed by atoms with Crippen LogP contribution in [0.2, 0.25) is 10.0 Å². The summed E-state index contributed by atoms with van der Waals surface area (Å²) in [6.45, 7) is 3.82. The molecule has 0 aliphatic carbocycles. The van der Waals surface area contributed by atoms with Crippen molar-refractivity contribution in [3.05, 3.63) is 52.1 Å². The van der Waals surface area contributed by atoms with Gasteiger partial charge in [0.1, 0.15) is 11.5 Å². The Hall–Kier alpha value is -1.32. The Morgan fingerprint density at radius 1 is 1.25 bits per heavy atom. The highest BCUT2D eigenvalue weighted by Crippen LogP contribution is 2.46. The van der Waals surface area contributed by atoms with Crippen molar-refractivity contribution in [1.29, 1.82) is 0 Å². The van der Waals surface area contributed by atoms with Gasteiger partial charge >= 0.3 is 11.4 Å². The molecule has 1 heterocycles. The van der Waals surface area contributed by atoms with Crippen molar-refractivity contribution in [2.45, 2.75) is 18.4 Å². The van der Waals surface area contributed by atoms with E-state index < -0.39 is 43.5 Å². The first kappa shape index (κ1) is 20.7. The van der Waals surface area contributed by atoms with Crippen LogP contribution in [0, 0.1) is 0 Å². The fourth-order valence-corrected chi connectivity index (χ4v) is 3.00. The quantitative estimate of drug-likeness (QED) is 0.216. The number of allylic oxidation sites excluding steroid dienone is 2. The average molecular weight is 407 g/mol. The summed E-state index contributed by atoms with van der Waals surface area (Å²) in [6.07, 6.45) is -2.88. The molecule has 1 rings (SSSR count). The smallest absolute Gasteiger partial charge is 0.433 e. The molecule has 3 nitrogen and oxygen atoms in total. The molecule has 24 heavy (non-hydrogen) atoms. The van der Waals surface area contributed by atoms with Gasteiger partial charge in [0, 0.05) is 18.5 Å². The number of rotatable bonds is 4. The van der Waals surface area contributed by atoms with Crippen molar-refractivity contribution < 1.29 is 27.1 Å². The fraction of sp³-hybridized carbons (Fsp3) is 0.231. The lowest BCUT2D eigenvalue weighted by molar-refractivity contribution is -0.0925. The SMILES string of the molecule is C=C(O)/C=C(\N=C(C)SC(F)(F)c1c(Cl)cncc1Cl)C(F)(F)F. The molecule has 0 unspecified atom stereocenters. The molecule has 132 valence electrons. The normalized spacial score (nSPS) is 14.0. The maximum Gasteiger partial charge on any atom is 0.433 e. The number of nitrogens with zero attached hydrogens (tertiary/aromatic N) is 2. The van der Waals surface area contributed by atoms with Gasteiger partial charge in [0.15, 0.2) is 0 Å². The highest BCUT2D eigenvalue weighted by atomic mass is 35.5. The molecule has 0 saturated heterocycles. The van der Waals surface area contributed by atoms with E-state index in [0.29, 0.717) is 0 Å². The molecular formula is C13H9Cl2F5N2OS. The van der Waals surface area contributed by atoms with Crippen molar-refractivity contribution in [2.24, 2.45) is 4.99 Å². The van der Waals surface area contributed by atoms with E-state index in [1.165, 1.54) is 0 Å². The third kappa shape index (κ3) is 5.64. The molecule has 1 N–H and O–H groups in total. The topological polar surface area (TPSA) is 45.5 Å². The second kappa shape index (κ2) is 7.71. The second-order valence-corrected chi connectivity index (χ2v) is 6.37. The first-order chi connectivity index (χ1) is 10.8. The Labute approximate surface area is 147 Å². The predicted molar refractivity (Wildman–Crippen MR) is 84.8 cm³/mol. The number of aromatic nitrogens is 1. The zero-order valence-corrected chi connectivity index (χ0v) is 14.2. The first-order valence-corrected chi connectivity index (χ1v) is 7.50. The summed E-state index contributed by atoms with van der Waals surface area (Å²) in [4.78, 5) is 6.59. The lowest BCUT2D eigenvalue weighted by atomic mass is 10.3. The molecule has 0 aliphatic rings. The Kier molecular flexibility index (Phi) is 6.66. The van der Waals surface area contributed by atoms with Crippen molar-refractivity contribution in [3.8, 4) is 0 Å². The van der Waals surface area contributed by atoms with Gasteiger partial charge in [0.25, 0.3) is 0 Å². The third-order valence-corrected chi connectivity index (χ3v) is 3.71. The summed E-state index contributed by atoms with van der Waals surface area (Å²) >= 11 is 11.0. The van der Waals surface area contributed by atoms with Gasteiger partial charge in [-0.1, -0.05) is 29.8 Å². The van der Waals surface area contributed by atoms with Gasteiger partial charge in [-0.15, -0.1) is 0 Å². The standard InChI is InChI=1S/C13H9Cl2F5N2OS/c1-6(23)3-10(12(16,17)18)22-7(2)24-13(19,20)11-8(14)4-21-5-9(11)15/h3-5,23H,1H2,2H3/b10-3-,22-7?. The van der Waals surface area contributed by atoms with Crippen LogP contribution in [0.1, 0.15) is 12.5 Å². The number of aliphatic hydroxyl groups is 1. The van der Waals surface area contributed by atoms with E-state index in [2.05, 4.69) is 16.6 Å². The van der Waals surface area contributed by atoms with Gasteiger partial charge in [0.05, 0.1) is 20.7 Å². The molecule has 1 aromatic rings. The molecule has 0 fully saturated rings. The molecular weight excluding hydrogens is 398 g/mol. The molecule has 0 amide bonds. The van der Waals surface area contributed by atoms with E-state index >= 15 is 0 Å².